The van der Waals surface area contributed by atoms with Crippen molar-refractivity contribution >= 4 is 21.8 Å². The predicted octanol–water partition coefficient (Wildman–Crippen LogP) is 11.4. The van der Waals surface area contributed by atoms with Crippen LogP contribution in [0.15, 0.2) is 133 Å². The molecule has 6 aromatic carbocycles. The summed E-state index contributed by atoms with van der Waals surface area (Å²) in [5.41, 5.74) is 0.260. The van der Waals surface area contributed by atoms with Crippen molar-refractivity contribution in [2.24, 2.45) is 0 Å². The highest BCUT2D eigenvalue weighted by Crippen LogP contribution is 2.42. The van der Waals surface area contributed by atoms with Gasteiger partial charge < -0.3 is 4.57 Å². The standard InChI is InChI=1S/C43H22F6N6/c44-42(45,46)31-19-30(20-32(22-31)43(47,48)49)29-13-16-35(41-53-39(27-7-3-1-4-8-27)52-40(54-41)28-9-5-2-6-10-28)38(21-29)55-36-17-25(23-50)11-14-33(36)34-15-12-26(24-51)18-37(34)55/h1-22H. The fraction of sp³-hybridized carbons (Fsp3) is 0.0465. The second-order valence-corrected chi connectivity index (χ2v) is 12.6. The number of aromatic nitrogens is 4. The summed E-state index contributed by atoms with van der Waals surface area (Å²) >= 11 is 0. The van der Waals surface area contributed by atoms with Gasteiger partial charge in [-0.25, -0.2) is 15.0 Å². The lowest BCUT2D eigenvalue weighted by molar-refractivity contribution is -0.143. The molecule has 0 aliphatic heterocycles. The zero-order chi connectivity index (χ0) is 38.5. The van der Waals surface area contributed by atoms with Crippen molar-refractivity contribution in [3.63, 3.8) is 0 Å². The second kappa shape index (κ2) is 13.3. The number of alkyl halides is 6. The quantitative estimate of drug-likeness (QED) is 0.164. The summed E-state index contributed by atoms with van der Waals surface area (Å²) in [6, 6.07) is 38.4. The molecule has 0 amide bonds. The molecule has 12 heteroatoms. The largest absolute Gasteiger partial charge is 0.416 e. The normalized spacial score (nSPS) is 11.8. The molecule has 0 saturated carbocycles. The Morgan fingerprint density at radius 3 is 1.38 bits per heavy atom. The third-order valence-electron chi connectivity index (χ3n) is 9.13. The van der Waals surface area contributed by atoms with Gasteiger partial charge in [0, 0.05) is 27.5 Å². The number of hydrogen-bond donors (Lipinski definition) is 0. The Morgan fingerprint density at radius 1 is 0.455 bits per heavy atom. The van der Waals surface area contributed by atoms with Crippen LogP contribution in [-0.2, 0) is 12.4 Å². The van der Waals surface area contributed by atoms with Crippen LogP contribution in [0.4, 0.5) is 26.3 Å². The second-order valence-electron chi connectivity index (χ2n) is 12.6. The van der Waals surface area contributed by atoms with Crippen LogP contribution in [0.1, 0.15) is 22.3 Å². The summed E-state index contributed by atoms with van der Waals surface area (Å²) in [6.07, 6.45) is -10.1. The zero-order valence-corrected chi connectivity index (χ0v) is 28.2. The first-order chi connectivity index (χ1) is 26.4. The average Bonchev–Trinajstić information content (AvgIpc) is 3.52. The van der Waals surface area contributed by atoms with E-state index >= 15 is 0 Å². The lowest BCUT2D eigenvalue weighted by Crippen LogP contribution is -2.11. The smallest absolute Gasteiger partial charge is 0.308 e. The lowest BCUT2D eigenvalue weighted by Gasteiger charge is -2.18. The Morgan fingerprint density at radius 2 is 0.927 bits per heavy atom. The van der Waals surface area contributed by atoms with E-state index in [4.69, 9.17) is 15.0 Å². The molecule has 0 spiro atoms. The maximum Gasteiger partial charge on any atom is 0.416 e. The molecule has 0 aliphatic rings. The minimum Gasteiger partial charge on any atom is -0.308 e. The van der Waals surface area contributed by atoms with Gasteiger partial charge in [-0.15, -0.1) is 0 Å². The third kappa shape index (κ3) is 6.51. The van der Waals surface area contributed by atoms with E-state index in [2.05, 4.69) is 12.1 Å². The highest BCUT2D eigenvalue weighted by atomic mass is 19.4. The van der Waals surface area contributed by atoms with Crippen molar-refractivity contribution in [3.05, 3.63) is 156 Å². The summed E-state index contributed by atoms with van der Waals surface area (Å²) in [6.45, 7) is 0. The number of fused-ring (bicyclic) bond motifs is 3. The monoisotopic (exact) mass is 736 g/mol. The number of hydrogen-bond acceptors (Lipinski definition) is 5. The van der Waals surface area contributed by atoms with E-state index in [0.717, 1.165) is 0 Å². The van der Waals surface area contributed by atoms with Crippen molar-refractivity contribution in [2.45, 2.75) is 12.4 Å². The van der Waals surface area contributed by atoms with Crippen LogP contribution in [0.5, 0.6) is 0 Å². The Bertz CT molecular complexity index is 2710. The number of nitrogens with zero attached hydrogens (tertiary/aromatic N) is 6. The van der Waals surface area contributed by atoms with Gasteiger partial charge in [0.1, 0.15) is 0 Å². The molecule has 0 unspecified atom stereocenters. The molecule has 0 fully saturated rings. The Labute approximate surface area is 308 Å². The van der Waals surface area contributed by atoms with Crippen LogP contribution in [-0.4, -0.2) is 19.5 Å². The van der Waals surface area contributed by atoms with Crippen LogP contribution in [0.2, 0.25) is 0 Å². The predicted molar refractivity (Wildman–Crippen MR) is 195 cm³/mol. The molecule has 2 aromatic heterocycles. The Balaban J connectivity index is 1.49. The third-order valence-corrected chi connectivity index (χ3v) is 9.13. The van der Waals surface area contributed by atoms with Gasteiger partial charge in [-0.05, 0) is 65.7 Å². The van der Waals surface area contributed by atoms with E-state index in [-0.39, 0.29) is 28.7 Å². The van der Waals surface area contributed by atoms with E-state index in [1.165, 1.54) is 18.2 Å². The van der Waals surface area contributed by atoms with E-state index in [0.29, 0.717) is 73.4 Å². The van der Waals surface area contributed by atoms with Crippen molar-refractivity contribution < 1.29 is 26.3 Å². The maximum absolute atomic E-state index is 14.0. The summed E-state index contributed by atoms with van der Waals surface area (Å²) in [5.74, 6) is 0.776. The van der Waals surface area contributed by atoms with E-state index in [1.807, 2.05) is 60.7 Å². The average molecular weight is 737 g/mol. The molecule has 0 bridgehead atoms. The van der Waals surface area contributed by atoms with Crippen molar-refractivity contribution in [1.82, 2.24) is 19.5 Å². The summed E-state index contributed by atoms with van der Waals surface area (Å²) in [7, 11) is 0. The number of halogens is 6. The maximum atomic E-state index is 14.0. The molecule has 0 atom stereocenters. The van der Waals surface area contributed by atoms with Gasteiger partial charge in [-0.3, -0.25) is 0 Å². The van der Waals surface area contributed by atoms with E-state index in [1.54, 1.807) is 41.0 Å². The molecule has 6 nitrogen and oxygen atoms in total. The van der Waals surface area contributed by atoms with Gasteiger partial charge in [0.15, 0.2) is 17.5 Å². The van der Waals surface area contributed by atoms with Gasteiger partial charge in [0.05, 0.1) is 51.1 Å². The number of rotatable bonds is 5. The molecule has 2 heterocycles. The SMILES string of the molecule is N#Cc1ccc2c3ccc(C#N)cc3n(-c3cc(-c4cc(C(F)(F)F)cc(C(F)(F)F)c4)ccc3-c3nc(-c4ccccc4)nc(-c4ccccc4)n3)c2c1. The van der Waals surface area contributed by atoms with Gasteiger partial charge in [-0.1, -0.05) is 78.9 Å². The highest BCUT2D eigenvalue weighted by molar-refractivity contribution is 6.10. The highest BCUT2D eigenvalue weighted by Gasteiger charge is 2.37. The fourth-order valence-corrected chi connectivity index (χ4v) is 6.55. The topological polar surface area (TPSA) is 91.2 Å². The molecule has 0 N–H and O–H groups in total. The van der Waals surface area contributed by atoms with Crippen LogP contribution >= 0.6 is 0 Å². The van der Waals surface area contributed by atoms with Crippen molar-refractivity contribution in [3.8, 4) is 63.1 Å². The number of benzene rings is 6. The van der Waals surface area contributed by atoms with Crippen LogP contribution in [0, 0.1) is 22.7 Å². The van der Waals surface area contributed by atoms with Crippen molar-refractivity contribution in [1.29, 1.82) is 10.5 Å². The van der Waals surface area contributed by atoms with Gasteiger partial charge in [0.2, 0.25) is 0 Å². The first-order valence-corrected chi connectivity index (χ1v) is 16.6. The summed E-state index contributed by atoms with van der Waals surface area (Å²) in [4.78, 5) is 14.5. The lowest BCUT2D eigenvalue weighted by atomic mass is 9.97. The van der Waals surface area contributed by atoms with E-state index in [9.17, 15) is 36.9 Å². The molecule has 0 saturated heterocycles. The van der Waals surface area contributed by atoms with Crippen LogP contribution < -0.4 is 0 Å². The van der Waals surface area contributed by atoms with Crippen LogP contribution in [0.25, 0.3) is 72.8 Å². The Kier molecular flexibility index (Phi) is 8.39. The molecule has 8 aromatic rings. The minimum atomic E-state index is -5.07. The minimum absolute atomic E-state index is 0.0267. The molecular formula is C43H22F6N6. The molecule has 0 aliphatic carbocycles. The first kappa shape index (κ1) is 34.8. The molecule has 266 valence electrons. The molecule has 55 heavy (non-hydrogen) atoms. The van der Waals surface area contributed by atoms with E-state index < -0.39 is 23.5 Å². The molecular weight excluding hydrogens is 715 g/mol. The van der Waals surface area contributed by atoms with Crippen molar-refractivity contribution in [2.75, 3.05) is 0 Å². The molecule has 8 rings (SSSR count). The van der Waals surface area contributed by atoms with Gasteiger partial charge >= 0.3 is 12.4 Å². The zero-order valence-electron chi connectivity index (χ0n) is 28.2. The van der Waals surface area contributed by atoms with Crippen LogP contribution in [0.3, 0.4) is 0 Å². The van der Waals surface area contributed by atoms with Gasteiger partial charge in [0.25, 0.3) is 0 Å². The fourth-order valence-electron chi connectivity index (χ4n) is 6.55. The number of nitriles is 2. The Hall–Kier alpha value is -7.31. The summed E-state index contributed by atoms with van der Waals surface area (Å²) in [5, 5.41) is 21.1. The first-order valence-electron chi connectivity index (χ1n) is 16.6. The van der Waals surface area contributed by atoms with Gasteiger partial charge in [-0.2, -0.15) is 36.9 Å². The molecule has 0 radical (unpaired) electrons. The summed E-state index contributed by atoms with van der Waals surface area (Å²) < 4.78 is 86.0.